The summed E-state index contributed by atoms with van der Waals surface area (Å²) in [6.07, 6.45) is 21.1. The van der Waals surface area contributed by atoms with Gasteiger partial charge in [0.15, 0.2) is 5.84 Å². The highest BCUT2D eigenvalue weighted by atomic mass is 35.5. The second kappa shape index (κ2) is 19.9. The molecule has 45 heavy (non-hydrogen) atoms. The van der Waals surface area contributed by atoms with Crippen molar-refractivity contribution in [3.8, 4) is 0 Å². The number of nitrogens with one attached hydrogen (secondary N) is 1. The van der Waals surface area contributed by atoms with Crippen molar-refractivity contribution in [1.29, 1.82) is 0 Å². The predicted octanol–water partition coefficient (Wildman–Crippen LogP) is 10.8. The fourth-order valence-electron chi connectivity index (χ4n) is 5.41. The lowest BCUT2D eigenvalue weighted by Crippen LogP contribution is -2.31. The quantitative estimate of drug-likeness (QED) is 0.119. The van der Waals surface area contributed by atoms with Gasteiger partial charge in [-0.05, 0) is 42.3 Å². The molecule has 1 aliphatic heterocycles. The second-order valence-electron chi connectivity index (χ2n) is 12.1. The molecule has 1 N–H and O–H groups in total. The summed E-state index contributed by atoms with van der Waals surface area (Å²) in [7, 11) is 3.93. The van der Waals surface area contributed by atoms with Crippen molar-refractivity contribution in [3.05, 3.63) is 62.6 Å². The zero-order valence-corrected chi connectivity index (χ0v) is 29.4. The first-order chi connectivity index (χ1) is 21.7. The van der Waals surface area contributed by atoms with Crippen molar-refractivity contribution in [2.45, 2.75) is 110 Å². The highest BCUT2D eigenvalue weighted by Crippen LogP contribution is 2.39. The molecule has 2 aromatic carbocycles. The van der Waals surface area contributed by atoms with Gasteiger partial charge in [0.05, 0.1) is 15.6 Å². The van der Waals surface area contributed by atoms with Crippen molar-refractivity contribution < 1.29 is 9.59 Å². The average molecular weight is 676 g/mol. The minimum atomic E-state index is -0.444. The maximum Gasteiger partial charge on any atom is 0.282 e. The number of carbonyl (C=O) groups excluding carboxylic acids is 2. The number of carbonyl (C=O) groups is 2. The minimum Gasteiger partial charge on any atom is -0.378 e. The van der Waals surface area contributed by atoms with E-state index in [9.17, 15) is 9.59 Å². The Morgan fingerprint density at radius 3 is 1.78 bits per heavy atom. The number of rotatable bonds is 19. The number of hydrogen-bond acceptors (Lipinski definition) is 4. The largest absolute Gasteiger partial charge is 0.378 e. The van der Waals surface area contributed by atoms with Crippen molar-refractivity contribution >= 4 is 69.9 Å². The highest BCUT2D eigenvalue weighted by molar-refractivity contribution is 6.44. The van der Waals surface area contributed by atoms with Crippen LogP contribution in [0.25, 0.3) is 6.08 Å². The summed E-state index contributed by atoms with van der Waals surface area (Å²) in [5.74, 6) is -0.454. The molecule has 0 aliphatic carbocycles. The summed E-state index contributed by atoms with van der Waals surface area (Å²) in [5, 5.41) is 9.17. The number of anilines is 2. The number of benzene rings is 2. The molecule has 0 spiro atoms. The van der Waals surface area contributed by atoms with Gasteiger partial charge in [-0.3, -0.25) is 9.59 Å². The van der Waals surface area contributed by atoms with Crippen LogP contribution in [-0.2, 0) is 9.59 Å². The van der Waals surface area contributed by atoms with Gasteiger partial charge in [-0.2, -0.15) is 5.01 Å². The monoisotopic (exact) mass is 674 g/mol. The summed E-state index contributed by atoms with van der Waals surface area (Å²) in [4.78, 5) is 28.6. The number of hydrogen-bond donors (Lipinski definition) is 1. The molecule has 2 amide bonds. The molecular weight excluding hydrogens is 627 g/mol. The van der Waals surface area contributed by atoms with Crippen LogP contribution in [0, 0.1) is 0 Å². The van der Waals surface area contributed by atoms with Gasteiger partial charge in [-0.1, -0.05) is 144 Å². The Balaban J connectivity index is 1.50. The lowest BCUT2D eigenvalue weighted by atomic mass is 10.0. The Morgan fingerprint density at radius 2 is 1.29 bits per heavy atom. The van der Waals surface area contributed by atoms with Gasteiger partial charge in [0.25, 0.3) is 5.91 Å². The summed E-state index contributed by atoms with van der Waals surface area (Å²) in [6.45, 7) is 2.26. The standard InChI is InChI=1S/C36H49Cl3N4O2/c1-4-5-6-7-8-9-10-11-12-13-14-15-16-17-18-19-33(44)40-35-30(24-27-20-22-29(23-21-27)42(2)3)36(45)43(41-35)34-31(38)25-28(37)26-32(34)39/h20-26H,4-19H2,1-3H3,(H,40,41,44)/b30-24-. The third kappa shape index (κ3) is 12.3. The van der Waals surface area contributed by atoms with E-state index < -0.39 is 5.91 Å². The molecule has 6 nitrogen and oxygen atoms in total. The van der Waals surface area contributed by atoms with Crippen LogP contribution in [0.2, 0.25) is 15.1 Å². The van der Waals surface area contributed by atoms with Gasteiger partial charge < -0.3 is 10.2 Å². The lowest BCUT2D eigenvalue weighted by molar-refractivity contribution is -0.119. The van der Waals surface area contributed by atoms with Gasteiger partial charge >= 0.3 is 0 Å². The first-order valence-electron chi connectivity index (χ1n) is 16.6. The number of amides is 2. The van der Waals surface area contributed by atoms with Crippen LogP contribution in [0.15, 0.2) is 47.1 Å². The van der Waals surface area contributed by atoms with E-state index in [-0.39, 0.29) is 33.0 Å². The van der Waals surface area contributed by atoms with Crippen LogP contribution in [0.5, 0.6) is 0 Å². The zero-order chi connectivity index (χ0) is 32.6. The Hall–Kier alpha value is -2.54. The third-order valence-corrected chi connectivity index (χ3v) is 8.85. The number of hydrazone groups is 1. The molecule has 0 radical (unpaired) electrons. The molecule has 246 valence electrons. The Morgan fingerprint density at radius 1 is 0.800 bits per heavy atom. The van der Waals surface area contributed by atoms with Crippen molar-refractivity contribution in [2.24, 2.45) is 5.10 Å². The van der Waals surface area contributed by atoms with E-state index in [0.717, 1.165) is 35.5 Å². The fourth-order valence-corrected chi connectivity index (χ4v) is 6.39. The van der Waals surface area contributed by atoms with E-state index in [1.807, 2.05) is 43.3 Å². The summed E-state index contributed by atoms with van der Waals surface area (Å²) in [5.41, 5.74) is 2.29. The zero-order valence-electron chi connectivity index (χ0n) is 27.1. The molecular formula is C36H49Cl3N4O2. The number of nitrogens with zero attached hydrogens (tertiary/aromatic N) is 3. The SMILES string of the molecule is CCCCCCCCCCCCCCCCCC(=O)NC1=NN(c2c(Cl)cc(Cl)cc2Cl)C(=O)/C1=C\c1ccc(N(C)C)cc1. The molecule has 0 fully saturated rings. The number of unbranched alkanes of at least 4 members (excludes halogenated alkanes) is 14. The molecule has 0 saturated carbocycles. The van der Waals surface area contributed by atoms with E-state index >= 15 is 0 Å². The average Bonchev–Trinajstić information content (AvgIpc) is 3.28. The van der Waals surface area contributed by atoms with E-state index in [0.29, 0.717) is 11.4 Å². The number of halogens is 3. The van der Waals surface area contributed by atoms with Gasteiger partial charge in [0, 0.05) is 31.2 Å². The van der Waals surface area contributed by atoms with Crippen LogP contribution >= 0.6 is 34.8 Å². The van der Waals surface area contributed by atoms with Crippen molar-refractivity contribution in [1.82, 2.24) is 5.32 Å². The highest BCUT2D eigenvalue weighted by Gasteiger charge is 2.34. The molecule has 2 aromatic rings. The minimum absolute atomic E-state index is 0.171. The van der Waals surface area contributed by atoms with Crippen molar-refractivity contribution in [3.63, 3.8) is 0 Å². The third-order valence-electron chi connectivity index (χ3n) is 8.06. The molecule has 1 heterocycles. The predicted molar refractivity (Wildman–Crippen MR) is 193 cm³/mol. The van der Waals surface area contributed by atoms with Crippen LogP contribution in [0.4, 0.5) is 11.4 Å². The summed E-state index contributed by atoms with van der Waals surface area (Å²) in [6, 6.07) is 10.8. The molecule has 0 unspecified atom stereocenters. The maximum absolute atomic E-state index is 13.6. The van der Waals surface area contributed by atoms with E-state index in [4.69, 9.17) is 34.8 Å². The van der Waals surface area contributed by atoms with Gasteiger partial charge in [-0.25, -0.2) is 0 Å². The van der Waals surface area contributed by atoms with Crippen LogP contribution in [0.3, 0.4) is 0 Å². The lowest BCUT2D eigenvalue weighted by Gasteiger charge is -2.15. The first-order valence-corrected chi connectivity index (χ1v) is 17.7. The van der Waals surface area contributed by atoms with E-state index in [2.05, 4.69) is 17.3 Å². The normalized spacial score (nSPS) is 13.9. The van der Waals surface area contributed by atoms with Crippen LogP contribution in [-0.4, -0.2) is 31.7 Å². The van der Waals surface area contributed by atoms with Crippen molar-refractivity contribution in [2.75, 3.05) is 24.0 Å². The molecule has 0 atom stereocenters. The van der Waals surface area contributed by atoms with E-state index in [1.165, 1.54) is 89.2 Å². The molecule has 3 rings (SSSR count). The van der Waals surface area contributed by atoms with Crippen LogP contribution < -0.4 is 15.2 Å². The molecule has 9 heteroatoms. The van der Waals surface area contributed by atoms with E-state index in [1.54, 1.807) is 6.08 Å². The van der Waals surface area contributed by atoms with Gasteiger partial charge in [0.2, 0.25) is 5.91 Å². The Labute approximate surface area is 285 Å². The topological polar surface area (TPSA) is 65.0 Å². The van der Waals surface area contributed by atoms with Gasteiger partial charge in [-0.15, -0.1) is 5.10 Å². The maximum atomic E-state index is 13.6. The molecule has 1 aliphatic rings. The molecule has 0 aromatic heterocycles. The van der Waals surface area contributed by atoms with Crippen LogP contribution in [0.1, 0.15) is 115 Å². The molecule has 0 bridgehead atoms. The summed E-state index contributed by atoms with van der Waals surface area (Å²) >= 11 is 18.9. The first kappa shape index (κ1) is 36.9. The number of amidine groups is 1. The molecule has 0 saturated heterocycles. The van der Waals surface area contributed by atoms with Gasteiger partial charge in [0.1, 0.15) is 5.69 Å². The second-order valence-corrected chi connectivity index (χ2v) is 13.3. The fraction of sp³-hybridized carbons (Fsp3) is 0.528. The summed E-state index contributed by atoms with van der Waals surface area (Å²) < 4.78 is 0. The Bertz CT molecular complexity index is 1280. The smallest absolute Gasteiger partial charge is 0.282 e. The Kier molecular flexibility index (Phi) is 16.3.